The number of amides is 2. The molecule has 1 aliphatic heterocycles. The minimum atomic E-state index is -0.0924. The molecule has 3 rings (SSSR count). The van der Waals surface area contributed by atoms with E-state index in [0.717, 1.165) is 35.5 Å². The molecule has 0 unspecified atom stereocenters. The van der Waals surface area contributed by atoms with Crippen molar-refractivity contribution in [2.75, 3.05) is 35.0 Å². The maximum atomic E-state index is 12.6. The van der Waals surface area contributed by atoms with Crippen molar-refractivity contribution in [1.29, 1.82) is 0 Å². The highest BCUT2D eigenvalue weighted by Crippen LogP contribution is 2.42. The minimum absolute atomic E-state index is 0.0327. The van der Waals surface area contributed by atoms with Crippen molar-refractivity contribution in [3.8, 4) is 0 Å². The second-order valence-corrected chi connectivity index (χ2v) is 8.18. The Morgan fingerprint density at radius 3 is 2.64 bits per heavy atom. The maximum Gasteiger partial charge on any atom is 0.238 e. The van der Waals surface area contributed by atoms with Crippen LogP contribution in [0.25, 0.3) is 0 Å². The lowest BCUT2D eigenvalue weighted by molar-refractivity contribution is -0.116. The summed E-state index contributed by atoms with van der Waals surface area (Å²) in [5, 5.41) is 2.88. The highest BCUT2D eigenvalue weighted by atomic mass is 32.2. The zero-order chi connectivity index (χ0) is 20.1. The number of carbonyl (C=O) groups excluding carboxylic acids is 2. The van der Waals surface area contributed by atoms with Gasteiger partial charge in [-0.1, -0.05) is 25.5 Å². The highest BCUT2D eigenvalue weighted by molar-refractivity contribution is 8.00. The normalized spacial score (nSPS) is 16.3. The fourth-order valence-corrected chi connectivity index (χ4v) is 4.36. The van der Waals surface area contributed by atoms with Gasteiger partial charge < -0.3 is 10.2 Å². The van der Waals surface area contributed by atoms with Gasteiger partial charge in [0.2, 0.25) is 11.8 Å². The van der Waals surface area contributed by atoms with Crippen molar-refractivity contribution >= 4 is 40.6 Å². The Bertz CT molecular complexity index is 836. The Balaban J connectivity index is 1.80. The van der Waals surface area contributed by atoms with Crippen molar-refractivity contribution in [2.45, 2.75) is 31.6 Å². The number of nitrogens with one attached hydrogen (secondary N) is 1. The van der Waals surface area contributed by atoms with Crippen LogP contribution in [0.15, 0.2) is 48.5 Å². The molecule has 0 bridgehead atoms. The number of anilines is 3. The van der Waals surface area contributed by atoms with Crippen LogP contribution in [0.5, 0.6) is 0 Å². The summed E-state index contributed by atoms with van der Waals surface area (Å²) in [6.07, 6.45) is 2.41. The topological polar surface area (TPSA) is 52.7 Å². The molecule has 148 valence electrons. The molecule has 1 saturated heterocycles. The first-order valence-electron chi connectivity index (χ1n) is 9.60. The van der Waals surface area contributed by atoms with Crippen LogP contribution in [0.2, 0.25) is 0 Å². The van der Waals surface area contributed by atoms with E-state index in [4.69, 9.17) is 0 Å². The molecule has 1 N–H and O–H groups in total. The van der Waals surface area contributed by atoms with Gasteiger partial charge in [0, 0.05) is 37.6 Å². The first kappa shape index (κ1) is 20.3. The van der Waals surface area contributed by atoms with Crippen LogP contribution in [0.4, 0.5) is 17.1 Å². The molecule has 28 heavy (non-hydrogen) atoms. The molecule has 6 heteroatoms. The van der Waals surface area contributed by atoms with Gasteiger partial charge in [0.1, 0.15) is 5.37 Å². The third-order valence-corrected chi connectivity index (χ3v) is 5.94. The van der Waals surface area contributed by atoms with E-state index in [0.29, 0.717) is 12.2 Å². The van der Waals surface area contributed by atoms with E-state index < -0.39 is 0 Å². The van der Waals surface area contributed by atoms with Crippen molar-refractivity contribution in [3.05, 3.63) is 54.1 Å². The number of nitrogens with zero attached hydrogens (tertiary/aromatic N) is 2. The van der Waals surface area contributed by atoms with Crippen molar-refractivity contribution in [1.82, 2.24) is 0 Å². The lowest BCUT2D eigenvalue weighted by Crippen LogP contribution is -2.27. The second-order valence-electron chi connectivity index (χ2n) is 7.12. The molecule has 1 heterocycles. The number of rotatable bonds is 7. The van der Waals surface area contributed by atoms with Crippen LogP contribution in [0, 0.1) is 0 Å². The van der Waals surface area contributed by atoms with Crippen LogP contribution >= 0.6 is 11.8 Å². The Kier molecular flexibility index (Phi) is 6.62. The van der Waals surface area contributed by atoms with Crippen LogP contribution in [0.3, 0.4) is 0 Å². The van der Waals surface area contributed by atoms with Gasteiger partial charge in [0.05, 0.1) is 5.75 Å². The molecule has 1 fully saturated rings. The summed E-state index contributed by atoms with van der Waals surface area (Å²) in [6, 6.07) is 15.8. The third-order valence-electron chi connectivity index (χ3n) is 4.73. The maximum absolute atomic E-state index is 12.6. The quantitative estimate of drug-likeness (QED) is 0.738. The van der Waals surface area contributed by atoms with Crippen LogP contribution in [0.1, 0.15) is 37.1 Å². The molecular weight excluding hydrogens is 370 g/mol. The van der Waals surface area contributed by atoms with E-state index in [1.807, 2.05) is 72.4 Å². The largest absolute Gasteiger partial charge is 0.378 e. The van der Waals surface area contributed by atoms with E-state index in [1.165, 1.54) is 0 Å². The molecule has 0 aromatic heterocycles. The van der Waals surface area contributed by atoms with E-state index in [9.17, 15) is 9.59 Å². The molecule has 2 amide bonds. The molecular formula is C22H27N3O2S. The van der Waals surface area contributed by atoms with Gasteiger partial charge in [-0.3, -0.25) is 14.5 Å². The van der Waals surface area contributed by atoms with Gasteiger partial charge in [-0.15, -0.1) is 11.8 Å². The SMILES string of the molecule is CCCCC(=O)Nc1cccc([C@H]2SCC(=O)N2c2ccc(N(C)C)cc2)c1. The van der Waals surface area contributed by atoms with E-state index in [1.54, 1.807) is 11.8 Å². The molecule has 0 aliphatic carbocycles. The lowest BCUT2D eigenvalue weighted by Gasteiger charge is -2.25. The molecule has 5 nitrogen and oxygen atoms in total. The van der Waals surface area contributed by atoms with Crippen molar-refractivity contribution in [2.24, 2.45) is 0 Å². The van der Waals surface area contributed by atoms with Crippen molar-refractivity contribution in [3.63, 3.8) is 0 Å². The van der Waals surface area contributed by atoms with Crippen molar-refractivity contribution < 1.29 is 9.59 Å². The number of carbonyl (C=O) groups is 2. The smallest absolute Gasteiger partial charge is 0.238 e. The van der Waals surface area contributed by atoms with E-state index >= 15 is 0 Å². The van der Waals surface area contributed by atoms with Gasteiger partial charge in [-0.05, 0) is 48.4 Å². The van der Waals surface area contributed by atoms with E-state index in [2.05, 4.69) is 12.2 Å². The van der Waals surface area contributed by atoms with Gasteiger partial charge in [-0.25, -0.2) is 0 Å². The van der Waals surface area contributed by atoms with Crippen LogP contribution < -0.4 is 15.1 Å². The summed E-state index contributed by atoms with van der Waals surface area (Å²) >= 11 is 1.61. The molecule has 2 aromatic carbocycles. The molecule has 0 spiro atoms. The Hall–Kier alpha value is -2.47. The number of hydrogen-bond acceptors (Lipinski definition) is 4. The van der Waals surface area contributed by atoms with Crippen LogP contribution in [-0.2, 0) is 9.59 Å². The van der Waals surface area contributed by atoms with Gasteiger partial charge in [0.15, 0.2) is 0 Å². The molecule has 0 saturated carbocycles. The first-order chi connectivity index (χ1) is 13.5. The predicted octanol–water partition coefficient (Wildman–Crippen LogP) is 4.66. The average Bonchev–Trinajstić information content (AvgIpc) is 3.08. The fourth-order valence-electron chi connectivity index (χ4n) is 3.19. The average molecular weight is 398 g/mol. The molecule has 2 aromatic rings. The van der Waals surface area contributed by atoms with Gasteiger partial charge in [-0.2, -0.15) is 0 Å². The fraction of sp³-hybridized carbons (Fsp3) is 0.364. The standard InChI is InChI=1S/C22H27N3O2S/c1-4-5-9-20(26)23-17-8-6-7-16(14-17)22-25(21(27)15-28-22)19-12-10-18(11-13-19)24(2)3/h6-8,10-14,22H,4-5,9,15H2,1-3H3,(H,23,26)/t22-/m1/s1. The Morgan fingerprint density at radius 1 is 1.21 bits per heavy atom. The Labute approximate surface area is 171 Å². The van der Waals surface area contributed by atoms with Crippen LogP contribution in [-0.4, -0.2) is 31.7 Å². The number of unbranched alkanes of at least 4 members (excludes halogenated alkanes) is 1. The lowest BCUT2D eigenvalue weighted by atomic mass is 10.1. The molecule has 1 atom stereocenters. The zero-order valence-corrected chi connectivity index (χ0v) is 17.5. The highest BCUT2D eigenvalue weighted by Gasteiger charge is 2.34. The predicted molar refractivity (Wildman–Crippen MR) is 118 cm³/mol. The third kappa shape index (κ3) is 4.68. The summed E-state index contributed by atoms with van der Waals surface area (Å²) in [4.78, 5) is 28.5. The Morgan fingerprint density at radius 2 is 1.96 bits per heavy atom. The second kappa shape index (κ2) is 9.15. The number of thioether (sulfide) groups is 1. The zero-order valence-electron chi connectivity index (χ0n) is 16.6. The van der Waals surface area contributed by atoms with Gasteiger partial charge >= 0.3 is 0 Å². The molecule has 1 aliphatic rings. The first-order valence-corrected chi connectivity index (χ1v) is 10.7. The minimum Gasteiger partial charge on any atom is -0.378 e. The molecule has 0 radical (unpaired) electrons. The van der Waals surface area contributed by atoms with E-state index in [-0.39, 0.29) is 17.2 Å². The number of benzene rings is 2. The summed E-state index contributed by atoms with van der Waals surface area (Å²) in [5.74, 6) is 0.586. The summed E-state index contributed by atoms with van der Waals surface area (Å²) in [6.45, 7) is 2.07. The monoisotopic (exact) mass is 397 g/mol. The summed E-state index contributed by atoms with van der Waals surface area (Å²) in [5.41, 5.74) is 3.78. The summed E-state index contributed by atoms with van der Waals surface area (Å²) < 4.78 is 0. The summed E-state index contributed by atoms with van der Waals surface area (Å²) in [7, 11) is 3.99. The van der Waals surface area contributed by atoms with Gasteiger partial charge in [0.25, 0.3) is 0 Å². The number of hydrogen-bond donors (Lipinski definition) is 1.